The van der Waals surface area contributed by atoms with Crippen LogP contribution in [0.4, 0.5) is 4.39 Å². The summed E-state index contributed by atoms with van der Waals surface area (Å²) in [5.74, 6) is -0.475. The highest BCUT2D eigenvalue weighted by Gasteiger charge is 2.27. The van der Waals surface area contributed by atoms with Gasteiger partial charge in [0.15, 0.2) is 11.4 Å². The summed E-state index contributed by atoms with van der Waals surface area (Å²) in [6, 6.07) is 18.1. The van der Waals surface area contributed by atoms with E-state index >= 15 is 0 Å². The van der Waals surface area contributed by atoms with Crippen LogP contribution in [0.5, 0.6) is 5.75 Å². The molecule has 190 valence electrons. The first-order valence-corrected chi connectivity index (χ1v) is 13.5. The van der Waals surface area contributed by atoms with Gasteiger partial charge in [-0.1, -0.05) is 55.3 Å². The summed E-state index contributed by atoms with van der Waals surface area (Å²) < 4.78 is 27.9. The molecule has 6 nitrogen and oxygen atoms in total. The maximum atomic E-state index is 13.3. The van der Waals surface area contributed by atoms with Gasteiger partial charge in [-0.2, -0.15) is 0 Å². The Hall–Kier alpha value is -2.76. The van der Waals surface area contributed by atoms with Crippen molar-refractivity contribution in [3.63, 3.8) is 0 Å². The van der Waals surface area contributed by atoms with Crippen molar-refractivity contribution in [3.05, 3.63) is 98.8 Å². The molecule has 0 saturated carbocycles. The first-order valence-electron chi connectivity index (χ1n) is 12.0. The summed E-state index contributed by atoms with van der Waals surface area (Å²) in [6.07, 6.45) is 3.58. The predicted octanol–water partition coefficient (Wildman–Crippen LogP) is 6.01. The average Bonchev–Trinajstić information content (AvgIpc) is 2.91. The fourth-order valence-corrected chi connectivity index (χ4v) is 5.16. The number of fused-ring (bicyclic) bond motifs is 1. The number of piperidine rings is 1. The van der Waals surface area contributed by atoms with E-state index in [0.29, 0.717) is 34.2 Å². The number of hydrogen-bond donors (Lipinski definition) is 1. The summed E-state index contributed by atoms with van der Waals surface area (Å²) in [7, 11) is 0. The Morgan fingerprint density at radius 1 is 1.05 bits per heavy atom. The molecule has 0 radical (unpaired) electrons. The van der Waals surface area contributed by atoms with Crippen LogP contribution >= 0.6 is 35.4 Å². The number of thiol groups is 1. The summed E-state index contributed by atoms with van der Waals surface area (Å²) in [5.41, 5.74) is 3.55. The van der Waals surface area contributed by atoms with Gasteiger partial charge in [0.1, 0.15) is 27.7 Å². The summed E-state index contributed by atoms with van der Waals surface area (Å²) in [5, 5.41) is 0.781. The van der Waals surface area contributed by atoms with E-state index in [1.54, 1.807) is 18.3 Å². The van der Waals surface area contributed by atoms with Gasteiger partial charge in [0.05, 0.1) is 0 Å². The Morgan fingerprint density at radius 2 is 1.78 bits per heavy atom. The molecule has 4 aromatic rings. The van der Waals surface area contributed by atoms with Crippen LogP contribution in [0.3, 0.4) is 0 Å². The maximum Gasteiger partial charge on any atom is 0.361 e. The lowest BCUT2D eigenvalue weighted by Crippen LogP contribution is -2.33. The van der Waals surface area contributed by atoms with Crippen molar-refractivity contribution in [2.45, 2.75) is 32.0 Å². The van der Waals surface area contributed by atoms with Crippen LogP contribution in [0.15, 0.2) is 66.9 Å². The van der Waals surface area contributed by atoms with Gasteiger partial charge >= 0.3 is 5.97 Å². The van der Waals surface area contributed by atoms with Crippen molar-refractivity contribution in [2.75, 3.05) is 13.1 Å². The number of carbonyl (C=O) groups is 1. The molecule has 0 bridgehead atoms. The number of esters is 1. The van der Waals surface area contributed by atoms with E-state index in [9.17, 15) is 9.18 Å². The highest BCUT2D eigenvalue weighted by Crippen LogP contribution is 2.33. The maximum absolute atomic E-state index is 13.3. The lowest BCUT2D eigenvalue weighted by Gasteiger charge is -2.27. The Kier molecular flexibility index (Phi) is 8.21. The number of ether oxygens (including phenoxy) is 2. The predicted molar refractivity (Wildman–Crippen MR) is 151 cm³/mol. The largest absolute Gasteiger partial charge is 0.484 e. The smallest absolute Gasteiger partial charge is 0.361 e. The van der Waals surface area contributed by atoms with Crippen molar-refractivity contribution in [3.8, 4) is 5.75 Å². The Morgan fingerprint density at radius 3 is 2.51 bits per heavy atom. The van der Waals surface area contributed by atoms with E-state index < -0.39 is 5.97 Å². The highest BCUT2D eigenvalue weighted by atomic mass is 127. The van der Waals surface area contributed by atoms with Gasteiger partial charge in [0.2, 0.25) is 0 Å². The fourth-order valence-electron chi connectivity index (χ4n) is 4.27. The first-order chi connectivity index (χ1) is 18.0. The minimum atomic E-state index is -0.516. The number of halogens is 2. The Bertz CT molecular complexity index is 1400. The molecule has 0 unspecified atom stereocenters. The SMILES string of the molecule is O=C(OC1CCN(S)CC1)c1nc(I)c2cc(Cc3ccc(F)cc3)cnc2c1OCc1ccccc1. The van der Waals surface area contributed by atoms with Crippen molar-refractivity contribution in [1.82, 2.24) is 14.3 Å². The van der Waals surface area contributed by atoms with Gasteiger partial charge in [0, 0.05) is 24.7 Å². The number of pyridine rings is 2. The molecule has 1 aliphatic rings. The van der Waals surface area contributed by atoms with Gasteiger partial charge in [-0.3, -0.25) is 9.29 Å². The zero-order chi connectivity index (χ0) is 25.8. The van der Waals surface area contributed by atoms with E-state index in [4.69, 9.17) is 14.5 Å². The summed E-state index contributed by atoms with van der Waals surface area (Å²) >= 11 is 6.49. The van der Waals surface area contributed by atoms with Crippen molar-refractivity contribution in [1.29, 1.82) is 0 Å². The molecule has 2 aromatic heterocycles. The number of carbonyl (C=O) groups excluding carboxylic acids is 1. The second-order valence-corrected chi connectivity index (χ2v) is 10.5. The molecule has 0 N–H and O–H groups in total. The highest BCUT2D eigenvalue weighted by molar-refractivity contribution is 14.1. The van der Waals surface area contributed by atoms with Gasteiger partial charge in [0.25, 0.3) is 0 Å². The van der Waals surface area contributed by atoms with Crippen molar-refractivity contribution < 1.29 is 18.7 Å². The van der Waals surface area contributed by atoms with E-state index in [-0.39, 0.29) is 24.2 Å². The lowest BCUT2D eigenvalue weighted by molar-refractivity contribution is 0.0176. The molecule has 9 heteroatoms. The number of hydrogen-bond acceptors (Lipinski definition) is 7. The quantitative estimate of drug-likeness (QED) is 0.117. The van der Waals surface area contributed by atoms with E-state index in [1.165, 1.54) is 12.1 Å². The average molecular weight is 629 g/mol. The topological polar surface area (TPSA) is 64.5 Å². The molecule has 0 amide bonds. The zero-order valence-corrected chi connectivity index (χ0v) is 23.0. The number of aromatic nitrogens is 2. The van der Waals surface area contributed by atoms with Crippen molar-refractivity contribution >= 4 is 52.3 Å². The number of nitrogens with zero attached hydrogens (tertiary/aromatic N) is 3. The molecule has 2 aromatic carbocycles. The minimum Gasteiger partial charge on any atom is -0.484 e. The third kappa shape index (κ3) is 6.39. The van der Waals surface area contributed by atoms with Crippen molar-refractivity contribution in [2.24, 2.45) is 0 Å². The van der Waals surface area contributed by atoms with E-state index in [1.807, 2.05) is 40.7 Å². The molecule has 0 aliphatic carbocycles. The van der Waals surface area contributed by atoms with Crippen LogP contribution in [0.2, 0.25) is 0 Å². The number of rotatable bonds is 7. The first kappa shape index (κ1) is 25.9. The van der Waals surface area contributed by atoms with Crippen LogP contribution in [-0.2, 0) is 17.8 Å². The molecule has 5 rings (SSSR count). The normalized spacial score (nSPS) is 14.6. The molecule has 37 heavy (non-hydrogen) atoms. The zero-order valence-electron chi connectivity index (χ0n) is 19.9. The lowest BCUT2D eigenvalue weighted by atomic mass is 10.0. The third-order valence-corrected chi connectivity index (χ3v) is 7.46. The van der Waals surface area contributed by atoms with Gasteiger partial charge in [-0.05, 0) is 76.7 Å². The van der Waals surface area contributed by atoms with Crippen LogP contribution < -0.4 is 4.74 Å². The second-order valence-electron chi connectivity index (χ2n) is 8.96. The number of benzene rings is 2. The minimum absolute atomic E-state index is 0.125. The van der Waals surface area contributed by atoms with Gasteiger partial charge in [-0.15, -0.1) is 0 Å². The molecular weight excluding hydrogens is 604 g/mol. The molecule has 1 aliphatic heterocycles. The Balaban J connectivity index is 1.48. The molecule has 3 heterocycles. The monoisotopic (exact) mass is 629 g/mol. The molecular formula is C28H25FIN3O3S. The summed E-state index contributed by atoms with van der Waals surface area (Å²) in [4.78, 5) is 22.6. The van der Waals surface area contributed by atoms with Crippen LogP contribution in [0.25, 0.3) is 10.9 Å². The summed E-state index contributed by atoms with van der Waals surface area (Å²) in [6.45, 7) is 1.76. The van der Waals surface area contributed by atoms with Gasteiger partial charge in [-0.25, -0.2) is 14.2 Å². The molecule has 1 saturated heterocycles. The fraction of sp³-hybridized carbons (Fsp3) is 0.250. The Labute approximate surface area is 233 Å². The van der Waals surface area contributed by atoms with Crippen LogP contribution in [0.1, 0.15) is 40.0 Å². The van der Waals surface area contributed by atoms with E-state index in [0.717, 1.165) is 35.2 Å². The van der Waals surface area contributed by atoms with Crippen LogP contribution in [0, 0.1) is 9.52 Å². The molecule has 0 atom stereocenters. The van der Waals surface area contributed by atoms with Gasteiger partial charge < -0.3 is 9.47 Å². The van der Waals surface area contributed by atoms with Crippen LogP contribution in [-0.4, -0.2) is 39.4 Å². The standard InChI is InChI=1S/C28H25FIN3O3S/c29-21-8-6-18(7-9-21)14-20-15-23-24(31-16-20)26(35-17-19-4-2-1-3-5-19)25(32-27(23)30)28(34)36-22-10-12-33(37)13-11-22/h1-9,15-16,22,37H,10-14,17H2. The second kappa shape index (κ2) is 11.7. The molecule has 1 fully saturated rings. The third-order valence-electron chi connectivity index (χ3n) is 6.24. The molecule has 0 spiro atoms. The van der Waals surface area contributed by atoms with E-state index in [2.05, 4.69) is 40.4 Å².